The van der Waals surface area contributed by atoms with E-state index in [9.17, 15) is 4.79 Å². The van der Waals surface area contributed by atoms with Gasteiger partial charge in [0.15, 0.2) is 0 Å². The van der Waals surface area contributed by atoms with Gasteiger partial charge in [0.1, 0.15) is 0 Å². The van der Waals surface area contributed by atoms with E-state index in [2.05, 4.69) is 17.5 Å². The highest BCUT2D eigenvalue weighted by molar-refractivity contribution is 5.80. The Morgan fingerprint density at radius 2 is 2.22 bits per heavy atom. The number of nitrogens with two attached hydrogens (primary N) is 1. The maximum atomic E-state index is 12.3. The van der Waals surface area contributed by atoms with Crippen LogP contribution >= 0.6 is 0 Å². The number of ether oxygens (including phenoxy) is 1. The molecule has 3 aliphatic carbocycles. The van der Waals surface area contributed by atoms with Crippen LogP contribution in [0, 0.1) is 23.7 Å². The second-order valence-corrected chi connectivity index (χ2v) is 6.29. The number of hydrogen-bond acceptors (Lipinski definition) is 3. The van der Waals surface area contributed by atoms with Crippen molar-refractivity contribution in [2.45, 2.75) is 37.5 Å². The summed E-state index contributed by atoms with van der Waals surface area (Å²) >= 11 is 0. The molecule has 7 unspecified atom stereocenters. The van der Waals surface area contributed by atoms with E-state index in [4.69, 9.17) is 10.5 Å². The molecule has 4 heteroatoms. The number of fused-ring (bicyclic) bond motifs is 3. The SMILES string of the molecule is NC1C2CCOC2C1NC(=O)C1CC2C=CC1C2. The highest BCUT2D eigenvalue weighted by Crippen LogP contribution is 2.44. The van der Waals surface area contributed by atoms with E-state index in [1.807, 2.05) is 0 Å². The van der Waals surface area contributed by atoms with Crippen molar-refractivity contribution in [3.8, 4) is 0 Å². The van der Waals surface area contributed by atoms with Crippen molar-refractivity contribution in [3.05, 3.63) is 12.2 Å². The number of allylic oxidation sites excluding steroid dienone is 2. The normalized spacial score (nSPS) is 52.2. The van der Waals surface area contributed by atoms with Crippen LogP contribution < -0.4 is 11.1 Å². The largest absolute Gasteiger partial charge is 0.376 e. The average molecular weight is 248 g/mol. The number of nitrogens with one attached hydrogen (secondary N) is 1. The van der Waals surface area contributed by atoms with E-state index < -0.39 is 0 Å². The van der Waals surface area contributed by atoms with E-state index in [0.29, 0.717) is 17.8 Å². The third-order valence-corrected chi connectivity index (χ3v) is 5.37. The van der Waals surface area contributed by atoms with Gasteiger partial charge >= 0.3 is 0 Å². The minimum atomic E-state index is 0.0492. The summed E-state index contributed by atoms with van der Waals surface area (Å²) < 4.78 is 5.65. The van der Waals surface area contributed by atoms with Crippen LogP contribution in [0.25, 0.3) is 0 Å². The fourth-order valence-electron chi connectivity index (χ4n) is 4.28. The van der Waals surface area contributed by atoms with Crippen LogP contribution in [0.4, 0.5) is 0 Å². The molecule has 98 valence electrons. The first-order valence-corrected chi connectivity index (χ1v) is 7.10. The van der Waals surface area contributed by atoms with Crippen LogP contribution in [-0.2, 0) is 9.53 Å². The van der Waals surface area contributed by atoms with Crippen molar-refractivity contribution in [1.82, 2.24) is 5.32 Å². The topological polar surface area (TPSA) is 64.3 Å². The van der Waals surface area contributed by atoms with Crippen LogP contribution in [0.1, 0.15) is 19.3 Å². The van der Waals surface area contributed by atoms with Gasteiger partial charge in [-0.05, 0) is 31.1 Å². The zero-order chi connectivity index (χ0) is 12.3. The second-order valence-electron chi connectivity index (χ2n) is 6.29. The molecule has 4 rings (SSSR count). The number of carbonyl (C=O) groups is 1. The summed E-state index contributed by atoms with van der Waals surface area (Å²) in [6.45, 7) is 0.798. The zero-order valence-corrected chi connectivity index (χ0v) is 10.4. The van der Waals surface area contributed by atoms with Crippen LogP contribution in [0.2, 0.25) is 0 Å². The lowest BCUT2D eigenvalue weighted by Gasteiger charge is -2.46. The van der Waals surface area contributed by atoms with Crippen molar-refractivity contribution in [2.75, 3.05) is 6.61 Å². The number of carbonyl (C=O) groups excluding carboxylic acids is 1. The average Bonchev–Trinajstić information content (AvgIpc) is 3.09. The van der Waals surface area contributed by atoms with Gasteiger partial charge in [-0.15, -0.1) is 0 Å². The van der Waals surface area contributed by atoms with Gasteiger partial charge in [0.2, 0.25) is 5.91 Å². The van der Waals surface area contributed by atoms with Gasteiger partial charge in [0.05, 0.1) is 12.1 Å². The van der Waals surface area contributed by atoms with Gasteiger partial charge in [-0.2, -0.15) is 0 Å². The smallest absolute Gasteiger partial charge is 0.224 e. The second kappa shape index (κ2) is 3.81. The molecule has 4 aliphatic rings. The predicted octanol–water partition coefficient (Wildman–Crippen LogP) is 0.429. The minimum Gasteiger partial charge on any atom is -0.376 e. The van der Waals surface area contributed by atoms with Crippen molar-refractivity contribution in [1.29, 1.82) is 0 Å². The van der Waals surface area contributed by atoms with Crippen LogP contribution in [-0.4, -0.2) is 30.7 Å². The zero-order valence-electron chi connectivity index (χ0n) is 10.4. The van der Waals surface area contributed by atoms with Crippen molar-refractivity contribution < 1.29 is 9.53 Å². The Morgan fingerprint density at radius 1 is 1.33 bits per heavy atom. The summed E-state index contributed by atoms with van der Waals surface area (Å²) in [7, 11) is 0. The Kier molecular flexibility index (Phi) is 2.33. The predicted molar refractivity (Wildman–Crippen MR) is 66.6 cm³/mol. The summed E-state index contributed by atoms with van der Waals surface area (Å²) in [5.74, 6) is 1.94. The van der Waals surface area contributed by atoms with Gasteiger partial charge in [-0.3, -0.25) is 4.79 Å². The summed E-state index contributed by atoms with van der Waals surface area (Å²) in [4.78, 5) is 12.3. The van der Waals surface area contributed by atoms with Gasteiger partial charge in [0.25, 0.3) is 0 Å². The molecule has 18 heavy (non-hydrogen) atoms. The van der Waals surface area contributed by atoms with Crippen LogP contribution in [0.15, 0.2) is 12.2 Å². The molecule has 0 aromatic carbocycles. The van der Waals surface area contributed by atoms with Crippen molar-refractivity contribution in [2.24, 2.45) is 29.4 Å². The molecule has 1 saturated heterocycles. The number of rotatable bonds is 2. The molecular weight excluding hydrogens is 228 g/mol. The quantitative estimate of drug-likeness (QED) is 0.697. The molecule has 2 bridgehead atoms. The first-order chi connectivity index (χ1) is 8.74. The fourth-order valence-corrected chi connectivity index (χ4v) is 4.28. The standard InChI is InChI=1S/C14H20N2O2/c15-11-9-3-4-18-13(9)12(11)16-14(17)10-6-7-1-2-8(10)5-7/h1-2,7-13H,3-6,15H2,(H,16,17). The Labute approximate surface area is 107 Å². The first kappa shape index (κ1) is 11.0. The molecule has 0 aromatic heterocycles. The molecule has 7 atom stereocenters. The molecule has 0 radical (unpaired) electrons. The first-order valence-electron chi connectivity index (χ1n) is 7.10. The van der Waals surface area contributed by atoms with E-state index in [1.54, 1.807) is 0 Å². The molecule has 0 spiro atoms. The maximum Gasteiger partial charge on any atom is 0.224 e. The monoisotopic (exact) mass is 248 g/mol. The molecule has 1 heterocycles. The van der Waals surface area contributed by atoms with E-state index in [-0.39, 0.29) is 30.0 Å². The number of amides is 1. The summed E-state index contributed by atoms with van der Waals surface area (Å²) in [5, 5.41) is 3.14. The van der Waals surface area contributed by atoms with Crippen molar-refractivity contribution in [3.63, 3.8) is 0 Å². The third kappa shape index (κ3) is 1.42. The highest BCUT2D eigenvalue weighted by atomic mass is 16.5. The van der Waals surface area contributed by atoms with Gasteiger partial charge in [0, 0.05) is 24.5 Å². The molecule has 4 nitrogen and oxygen atoms in total. The van der Waals surface area contributed by atoms with Crippen molar-refractivity contribution >= 4 is 5.91 Å². The van der Waals surface area contributed by atoms with E-state index in [0.717, 1.165) is 25.9 Å². The Balaban J connectivity index is 1.40. The molecule has 3 fully saturated rings. The Hall–Kier alpha value is -0.870. The van der Waals surface area contributed by atoms with Gasteiger partial charge < -0.3 is 15.8 Å². The lowest BCUT2D eigenvalue weighted by molar-refractivity contribution is -0.130. The number of hydrogen-bond donors (Lipinski definition) is 2. The fraction of sp³-hybridized carbons (Fsp3) is 0.786. The summed E-state index contributed by atoms with van der Waals surface area (Å²) in [5.41, 5.74) is 6.12. The third-order valence-electron chi connectivity index (χ3n) is 5.37. The molecular formula is C14H20N2O2. The molecule has 1 aliphatic heterocycles. The molecule has 1 amide bonds. The molecule has 2 saturated carbocycles. The minimum absolute atomic E-state index is 0.0492. The highest BCUT2D eigenvalue weighted by Gasteiger charge is 2.53. The van der Waals surface area contributed by atoms with E-state index >= 15 is 0 Å². The van der Waals surface area contributed by atoms with Gasteiger partial charge in [-0.1, -0.05) is 12.2 Å². The molecule has 0 aromatic rings. The van der Waals surface area contributed by atoms with Crippen LogP contribution in [0.3, 0.4) is 0 Å². The lowest BCUT2D eigenvalue weighted by atomic mass is 9.72. The summed E-state index contributed by atoms with van der Waals surface area (Å²) in [6, 6.07) is 0.142. The Morgan fingerprint density at radius 3 is 2.94 bits per heavy atom. The maximum absolute atomic E-state index is 12.3. The van der Waals surface area contributed by atoms with Crippen LogP contribution in [0.5, 0.6) is 0 Å². The van der Waals surface area contributed by atoms with E-state index in [1.165, 1.54) is 0 Å². The van der Waals surface area contributed by atoms with Gasteiger partial charge in [-0.25, -0.2) is 0 Å². The molecule has 3 N–H and O–H groups in total. The summed E-state index contributed by atoms with van der Waals surface area (Å²) in [6.07, 6.45) is 7.89. The Bertz CT molecular complexity index is 409. The lowest BCUT2D eigenvalue weighted by Crippen LogP contribution is -2.69.